The Balaban J connectivity index is 0.00000272. The number of aliphatic imine (C=N–C) groups is 1. The Bertz CT molecular complexity index is 764. The van der Waals surface area contributed by atoms with E-state index in [1.54, 1.807) is 6.26 Å². The fourth-order valence-corrected chi connectivity index (χ4v) is 4.04. The number of likely N-dealkylation sites (tertiary alicyclic amines) is 1. The maximum absolute atomic E-state index is 5.99. The molecule has 0 radical (unpaired) electrons. The minimum absolute atomic E-state index is 0. The quantitative estimate of drug-likeness (QED) is 0.297. The molecule has 0 aliphatic carbocycles. The Hall–Kier alpha value is -1.58. The van der Waals surface area contributed by atoms with Crippen LogP contribution in [-0.2, 0) is 22.5 Å². The van der Waals surface area contributed by atoms with Crippen molar-refractivity contribution in [2.45, 2.75) is 25.9 Å². The first kappa shape index (κ1) is 24.1. The lowest BCUT2D eigenvalue weighted by Gasteiger charge is -2.22. The van der Waals surface area contributed by atoms with Crippen LogP contribution in [0.3, 0.4) is 0 Å². The minimum Gasteiger partial charge on any atom is -0.469 e. The van der Waals surface area contributed by atoms with Crippen LogP contribution in [0, 0.1) is 11.8 Å². The van der Waals surface area contributed by atoms with Gasteiger partial charge in [0.15, 0.2) is 5.96 Å². The average molecular weight is 539 g/mol. The normalized spacial score (nSPS) is 21.3. The monoisotopic (exact) mass is 539 g/mol. The summed E-state index contributed by atoms with van der Waals surface area (Å²) in [5.74, 6) is 3.10. The molecule has 2 unspecified atom stereocenters. The summed E-state index contributed by atoms with van der Waals surface area (Å²) in [6.07, 6.45) is 4.83. The summed E-state index contributed by atoms with van der Waals surface area (Å²) >= 11 is 0. The van der Waals surface area contributed by atoms with Gasteiger partial charge in [-0.05, 0) is 30.5 Å². The molecule has 4 rings (SSSR count). The van der Waals surface area contributed by atoms with E-state index in [1.165, 1.54) is 5.56 Å². The Morgan fingerprint density at radius 3 is 2.81 bits per heavy atom. The first-order chi connectivity index (χ1) is 14.9. The van der Waals surface area contributed by atoms with Gasteiger partial charge >= 0.3 is 0 Å². The lowest BCUT2D eigenvalue weighted by Crippen LogP contribution is -2.41. The van der Waals surface area contributed by atoms with Crippen molar-refractivity contribution in [3.8, 4) is 0 Å². The van der Waals surface area contributed by atoms with E-state index >= 15 is 0 Å². The lowest BCUT2D eigenvalue weighted by atomic mass is 10.1. The SMILES string of the molecule is I.c1ccc(COCC2CCN(C(=NCC3CCOC3)NCCc3ccco3)C2)cc1. The van der Waals surface area contributed by atoms with E-state index in [-0.39, 0.29) is 24.0 Å². The summed E-state index contributed by atoms with van der Waals surface area (Å²) in [4.78, 5) is 7.33. The van der Waals surface area contributed by atoms with Crippen LogP contribution in [0.15, 0.2) is 58.1 Å². The van der Waals surface area contributed by atoms with Crippen LogP contribution in [-0.4, -0.2) is 56.9 Å². The summed E-state index contributed by atoms with van der Waals surface area (Å²) in [5, 5.41) is 3.56. The highest BCUT2D eigenvalue weighted by Gasteiger charge is 2.26. The number of ether oxygens (including phenoxy) is 2. The van der Waals surface area contributed by atoms with Crippen molar-refractivity contribution in [2.24, 2.45) is 16.8 Å². The molecular formula is C24H34IN3O3. The van der Waals surface area contributed by atoms with Crippen LogP contribution >= 0.6 is 24.0 Å². The second-order valence-electron chi connectivity index (χ2n) is 8.25. The van der Waals surface area contributed by atoms with Gasteiger partial charge in [0.05, 0.1) is 26.1 Å². The molecule has 170 valence electrons. The molecule has 2 aromatic rings. The van der Waals surface area contributed by atoms with Gasteiger partial charge in [0, 0.05) is 51.0 Å². The van der Waals surface area contributed by atoms with Crippen molar-refractivity contribution in [3.05, 3.63) is 60.1 Å². The van der Waals surface area contributed by atoms with Crippen LogP contribution in [0.4, 0.5) is 0 Å². The number of benzene rings is 1. The van der Waals surface area contributed by atoms with Crippen molar-refractivity contribution in [1.29, 1.82) is 0 Å². The molecular weight excluding hydrogens is 505 g/mol. The fourth-order valence-electron chi connectivity index (χ4n) is 4.04. The molecule has 31 heavy (non-hydrogen) atoms. The largest absolute Gasteiger partial charge is 0.469 e. The summed E-state index contributed by atoms with van der Waals surface area (Å²) in [5.41, 5.74) is 1.23. The van der Waals surface area contributed by atoms with E-state index in [4.69, 9.17) is 18.9 Å². The van der Waals surface area contributed by atoms with Gasteiger partial charge in [-0.3, -0.25) is 4.99 Å². The van der Waals surface area contributed by atoms with Crippen molar-refractivity contribution in [3.63, 3.8) is 0 Å². The van der Waals surface area contributed by atoms with Crippen LogP contribution in [0.2, 0.25) is 0 Å². The highest BCUT2D eigenvalue weighted by molar-refractivity contribution is 14.0. The maximum Gasteiger partial charge on any atom is 0.193 e. The number of halogens is 1. The molecule has 1 aromatic carbocycles. The first-order valence-electron chi connectivity index (χ1n) is 11.1. The maximum atomic E-state index is 5.99. The van der Waals surface area contributed by atoms with Crippen molar-refractivity contribution >= 4 is 29.9 Å². The van der Waals surface area contributed by atoms with Gasteiger partial charge in [0.2, 0.25) is 0 Å². The topological polar surface area (TPSA) is 59.2 Å². The molecule has 1 N–H and O–H groups in total. The van der Waals surface area contributed by atoms with Gasteiger partial charge in [-0.25, -0.2) is 0 Å². The van der Waals surface area contributed by atoms with Gasteiger partial charge in [-0.1, -0.05) is 30.3 Å². The van der Waals surface area contributed by atoms with Gasteiger partial charge in [0.1, 0.15) is 5.76 Å². The molecule has 7 heteroatoms. The number of furan rings is 1. The molecule has 1 aromatic heterocycles. The van der Waals surface area contributed by atoms with E-state index in [2.05, 4.69) is 34.5 Å². The third-order valence-corrected chi connectivity index (χ3v) is 5.81. The van der Waals surface area contributed by atoms with E-state index in [1.807, 2.05) is 18.2 Å². The zero-order valence-corrected chi connectivity index (χ0v) is 20.4. The number of hydrogen-bond donors (Lipinski definition) is 1. The number of guanidine groups is 1. The number of rotatable bonds is 9. The Morgan fingerprint density at radius 1 is 1.13 bits per heavy atom. The van der Waals surface area contributed by atoms with Crippen molar-refractivity contribution < 1.29 is 13.9 Å². The van der Waals surface area contributed by atoms with E-state index in [0.29, 0.717) is 18.4 Å². The molecule has 2 atom stereocenters. The summed E-state index contributed by atoms with van der Waals surface area (Å²) in [6, 6.07) is 14.3. The van der Waals surface area contributed by atoms with E-state index < -0.39 is 0 Å². The molecule has 0 bridgehead atoms. The lowest BCUT2D eigenvalue weighted by molar-refractivity contribution is 0.0906. The second kappa shape index (κ2) is 13.1. The second-order valence-corrected chi connectivity index (χ2v) is 8.25. The third-order valence-electron chi connectivity index (χ3n) is 5.81. The van der Waals surface area contributed by atoms with Gasteiger partial charge in [0.25, 0.3) is 0 Å². The standard InChI is InChI=1S/C24H33N3O3.HI/c1-2-5-20(6-3-1)17-29-19-22-9-12-27(16-22)24(26-15-21-10-14-28-18-21)25-11-8-23-7-4-13-30-23;/h1-7,13,21-22H,8-12,14-19H2,(H,25,26);1H. The van der Waals surface area contributed by atoms with Gasteiger partial charge in [-0.2, -0.15) is 0 Å². The average Bonchev–Trinajstić information content (AvgIpc) is 3.54. The van der Waals surface area contributed by atoms with E-state index in [0.717, 1.165) is 77.0 Å². The molecule has 2 saturated heterocycles. The third kappa shape index (κ3) is 7.80. The predicted octanol–water partition coefficient (Wildman–Crippen LogP) is 3.96. The Morgan fingerprint density at radius 2 is 2.03 bits per heavy atom. The molecule has 0 spiro atoms. The number of nitrogens with one attached hydrogen (secondary N) is 1. The first-order valence-corrected chi connectivity index (χ1v) is 11.1. The molecule has 6 nitrogen and oxygen atoms in total. The molecule has 0 saturated carbocycles. The summed E-state index contributed by atoms with van der Waals surface area (Å²) in [7, 11) is 0. The van der Waals surface area contributed by atoms with Crippen LogP contribution in [0.1, 0.15) is 24.2 Å². The van der Waals surface area contributed by atoms with Crippen LogP contribution < -0.4 is 5.32 Å². The fraction of sp³-hybridized carbons (Fsp3) is 0.542. The highest BCUT2D eigenvalue weighted by Crippen LogP contribution is 2.18. The van der Waals surface area contributed by atoms with Crippen LogP contribution in [0.25, 0.3) is 0 Å². The van der Waals surface area contributed by atoms with Gasteiger partial charge in [-0.15, -0.1) is 24.0 Å². The van der Waals surface area contributed by atoms with Crippen molar-refractivity contribution in [1.82, 2.24) is 10.2 Å². The summed E-state index contributed by atoms with van der Waals surface area (Å²) in [6.45, 7) is 6.83. The van der Waals surface area contributed by atoms with Crippen molar-refractivity contribution in [2.75, 3.05) is 46.0 Å². The molecule has 2 aliphatic heterocycles. The number of hydrogen-bond acceptors (Lipinski definition) is 4. The molecule has 0 amide bonds. The Labute approximate surface area is 202 Å². The highest BCUT2D eigenvalue weighted by atomic mass is 127. The van der Waals surface area contributed by atoms with E-state index in [9.17, 15) is 0 Å². The summed E-state index contributed by atoms with van der Waals surface area (Å²) < 4.78 is 17.0. The molecule has 2 fully saturated rings. The molecule has 2 aliphatic rings. The Kier molecular flexibility index (Phi) is 10.2. The minimum atomic E-state index is 0. The smallest absolute Gasteiger partial charge is 0.193 e. The zero-order valence-electron chi connectivity index (χ0n) is 18.1. The zero-order chi connectivity index (χ0) is 20.4. The number of nitrogens with zero attached hydrogens (tertiary/aromatic N) is 2. The molecule has 3 heterocycles. The van der Waals surface area contributed by atoms with Crippen LogP contribution in [0.5, 0.6) is 0 Å². The predicted molar refractivity (Wildman–Crippen MR) is 133 cm³/mol. The van der Waals surface area contributed by atoms with Gasteiger partial charge < -0.3 is 24.1 Å².